The Bertz CT molecular complexity index is 957. The zero-order valence-electron chi connectivity index (χ0n) is 36.6. The minimum Gasteiger partial charge on any atom is -0.457 e. The molecule has 2 unspecified atom stereocenters. The zero-order chi connectivity index (χ0) is 40.9. The topological polar surface area (TPSA) is 117 Å². The fraction of sp³-hybridized carbons (Fsp3) is 0.851. The van der Waals surface area contributed by atoms with Gasteiger partial charge >= 0.3 is 13.8 Å². The summed E-state index contributed by atoms with van der Waals surface area (Å²) in [6, 6.07) is 0. The SMILES string of the molecule is CCC/C=C\C/C=C\CCCCCCCC(=O)OC(COCCCCCCCCCCCCCC/C=C\CCCCCCCCCC)COP(=O)(O)OCCN. The quantitative estimate of drug-likeness (QED) is 0.0270. The largest absolute Gasteiger partial charge is 0.472 e. The molecule has 330 valence electrons. The number of phosphoric ester groups is 1. The summed E-state index contributed by atoms with van der Waals surface area (Å²) in [5.41, 5.74) is 5.37. The van der Waals surface area contributed by atoms with Crippen molar-refractivity contribution in [3.63, 3.8) is 0 Å². The number of rotatable bonds is 45. The molecule has 8 nitrogen and oxygen atoms in total. The number of nitrogens with two attached hydrogens (primary N) is 1. The van der Waals surface area contributed by atoms with Gasteiger partial charge < -0.3 is 20.1 Å². The van der Waals surface area contributed by atoms with Gasteiger partial charge in [-0.05, 0) is 64.2 Å². The first-order valence-corrected chi connectivity index (χ1v) is 25.0. The van der Waals surface area contributed by atoms with E-state index in [0.29, 0.717) is 13.0 Å². The minimum atomic E-state index is -4.28. The number of hydrogen-bond donors (Lipinski definition) is 2. The van der Waals surface area contributed by atoms with Crippen molar-refractivity contribution in [3.05, 3.63) is 36.5 Å². The Morgan fingerprint density at radius 1 is 0.536 bits per heavy atom. The van der Waals surface area contributed by atoms with E-state index >= 15 is 0 Å². The third kappa shape index (κ3) is 43.8. The van der Waals surface area contributed by atoms with Crippen LogP contribution in [0.15, 0.2) is 36.5 Å². The third-order valence-corrected chi connectivity index (χ3v) is 11.0. The highest BCUT2D eigenvalue weighted by atomic mass is 31.2. The van der Waals surface area contributed by atoms with Crippen molar-refractivity contribution in [2.24, 2.45) is 5.73 Å². The Morgan fingerprint density at radius 2 is 0.982 bits per heavy atom. The number of esters is 1. The molecule has 56 heavy (non-hydrogen) atoms. The average Bonchev–Trinajstić information content (AvgIpc) is 3.19. The lowest BCUT2D eigenvalue weighted by atomic mass is 10.0. The highest BCUT2D eigenvalue weighted by molar-refractivity contribution is 7.47. The Kier molecular flexibility index (Phi) is 43.8. The second-order valence-electron chi connectivity index (χ2n) is 15.6. The van der Waals surface area contributed by atoms with Crippen molar-refractivity contribution in [1.29, 1.82) is 0 Å². The first kappa shape index (κ1) is 54.7. The van der Waals surface area contributed by atoms with E-state index in [1.165, 1.54) is 135 Å². The van der Waals surface area contributed by atoms with Crippen molar-refractivity contribution in [2.45, 2.75) is 225 Å². The normalized spacial score (nSPS) is 13.7. The minimum absolute atomic E-state index is 0.0980. The van der Waals surface area contributed by atoms with E-state index < -0.39 is 13.9 Å². The van der Waals surface area contributed by atoms with Gasteiger partial charge in [0.2, 0.25) is 0 Å². The molecule has 0 aliphatic rings. The molecule has 0 rings (SSSR count). The van der Waals surface area contributed by atoms with Gasteiger partial charge in [-0.3, -0.25) is 13.8 Å². The average molecular weight is 812 g/mol. The molecule has 0 aromatic heterocycles. The monoisotopic (exact) mass is 812 g/mol. The van der Waals surface area contributed by atoms with Crippen LogP contribution in [-0.4, -0.2) is 49.9 Å². The van der Waals surface area contributed by atoms with Crippen LogP contribution in [0.4, 0.5) is 0 Å². The van der Waals surface area contributed by atoms with E-state index in [2.05, 4.69) is 50.3 Å². The smallest absolute Gasteiger partial charge is 0.457 e. The molecule has 0 saturated heterocycles. The lowest BCUT2D eigenvalue weighted by Crippen LogP contribution is -2.28. The summed E-state index contributed by atoms with van der Waals surface area (Å²) < 4.78 is 33.5. The summed E-state index contributed by atoms with van der Waals surface area (Å²) in [6.45, 7) is 4.86. The maximum atomic E-state index is 12.6. The molecule has 9 heteroatoms. The number of phosphoric acid groups is 1. The molecular formula is C47H90NO7P. The summed E-state index contributed by atoms with van der Waals surface area (Å²) in [5, 5.41) is 0. The van der Waals surface area contributed by atoms with E-state index in [4.69, 9.17) is 24.3 Å². The Morgan fingerprint density at radius 3 is 1.48 bits per heavy atom. The number of allylic oxidation sites excluding steroid dienone is 6. The second-order valence-corrected chi connectivity index (χ2v) is 17.1. The molecule has 2 atom stereocenters. The predicted octanol–water partition coefficient (Wildman–Crippen LogP) is 14.2. The van der Waals surface area contributed by atoms with Crippen LogP contribution < -0.4 is 5.73 Å². The van der Waals surface area contributed by atoms with Gasteiger partial charge in [0.1, 0.15) is 6.10 Å². The number of ether oxygens (including phenoxy) is 2. The molecule has 0 aliphatic heterocycles. The van der Waals surface area contributed by atoms with Crippen LogP contribution in [0.2, 0.25) is 0 Å². The Labute approximate surface area is 346 Å². The zero-order valence-corrected chi connectivity index (χ0v) is 37.5. The molecule has 0 radical (unpaired) electrons. The Balaban J connectivity index is 3.91. The van der Waals surface area contributed by atoms with Gasteiger partial charge in [0.15, 0.2) is 0 Å². The number of unbranched alkanes of at least 4 members (excludes halogenated alkanes) is 26. The number of carbonyl (C=O) groups excluding carboxylic acids is 1. The molecule has 0 fully saturated rings. The first-order valence-electron chi connectivity index (χ1n) is 23.5. The van der Waals surface area contributed by atoms with Crippen LogP contribution in [0.5, 0.6) is 0 Å². The van der Waals surface area contributed by atoms with Crippen LogP contribution in [0.1, 0.15) is 219 Å². The molecule has 3 N–H and O–H groups in total. The van der Waals surface area contributed by atoms with Crippen LogP contribution in [0, 0.1) is 0 Å². The van der Waals surface area contributed by atoms with Gasteiger partial charge in [0.25, 0.3) is 0 Å². The van der Waals surface area contributed by atoms with E-state index in [0.717, 1.165) is 64.2 Å². The van der Waals surface area contributed by atoms with Crippen molar-refractivity contribution >= 4 is 13.8 Å². The summed E-state index contributed by atoms with van der Waals surface area (Å²) in [5.74, 6) is -0.343. The summed E-state index contributed by atoms with van der Waals surface area (Å²) in [4.78, 5) is 22.5. The van der Waals surface area contributed by atoms with Gasteiger partial charge in [-0.2, -0.15) is 0 Å². The van der Waals surface area contributed by atoms with Crippen LogP contribution in [-0.2, 0) is 27.9 Å². The second kappa shape index (κ2) is 44.8. The van der Waals surface area contributed by atoms with E-state index in [1.54, 1.807) is 0 Å². The van der Waals surface area contributed by atoms with Crippen LogP contribution in [0.25, 0.3) is 0 Å². The molecule has 0 aromatic carbocycles. The molecule has 0 aliphatic carbocycles. The predicted molar refractivity (Wildman–Crippen MR) is 238 cm³/mol. The van der Waals surface area contributed by atoms with Crippen molar-refractivity contribution in [2.75, 3.05) is 33.0 Å². The van der Waals surface area contributed by atoms with E-state index in [9.17, 15) is 14.3 Å². The summed E-state index contributed by atoms with van der Waals surface area (Å²) in [7, 11) is -4.28. The highest BCUT2D eigenvalue weighted by Crippen LogP contribution is 2.43. The first-order chi connectivity index (χ1) is 27.4. The Hall–Kier alpha value is -1.28. The van der Waals surface area contributed by atoms with Crippen molar-refractivity contribution in [1.82, 2.24) is 0 Å². The molecule has 0 amide bonds. The molecule has 0 heterocycles. The van der Waals surface area contributed by atoms with E-state index in [1.807, 2.05) is 0 Å². The molecular weight excluding hydrogens is 721 g/mol. The lowest BCUT2D eigenvalue weighted by Gasteiger charge is -2.20. The molecule has 0 spiro atoms. The van der Waals surface area contributed by atoms with Gasteiger partial charge in [0.05, 0.1) is 19.8 Å². The molecule has 0 aromatic rings. The number of carbonyl (C=O) groups is 1. The standard InChI is InChI=1S/C47H90NO7P/c1-3-5-7-9-11-13-15-17-18-19-20-21-22-23-24-25-26-27-29-31-33-35-37-39-42-52-44-46(45-54-56(50,51)53-43-41-48)55-47(49)40-38-36-34-32-30-28-16-14-12-10-8-6-4-2/h8,10,14,16,19-20,46H,3-7,9,11-13,15,17-18,21-45,48H2,1-2H3,(H,50,51)/b10-8-,16-14-,20-19-. The van der Waals surface area contributed by atoms with Gasteiger partial charge in [0, 0.05) is 19.6 Å². The van der Waals surface area contributed by atoms with E-state index in [-0.39, 0.29) is 32.3 Å². The lowest BCUT2D eigenvalue weighted by molar-refractivity contribution is -0.154. The maximum absolute atomic E-state index is 12.6. The third-order valence-electron chi connectivity index (χ3n) is 10.0. The summed E-state index contributed by atoms with van der Waals surface area (Å²) in [6.07, 6.45) is 51.8. The van der Waals surface area contributed by atoms with Crippen LogP contribution in [0.3, 0.4) is 0 Å². The van der Waals surface area contributed by atoms with Crippen molar-refractivity contribution in [3.8, 4) is 0 Å². The number of hydrogen-bond acceptors (Lipinski definition) is 7. The maximum Gasteiger partial charge on any atom is 0.472 e. The molecule has 0 bridgehead atoms. The fourth-order valence-electron chi connectivity index (χ4n) is 6.56. The summed E-state index contributed by atoms with van der Waals surface area (Å²) >= 11 is 0. The molecule has 0 saturated carbocycles. The van der Waals surface area contributed by atoms with Gasteiger partial charge in [-0.1, -0.05) is 185 Å². The van der Waals surface area contributed by atoms with Gasteiger partial charge in [-0.25, -0.2) is 4.57 Å². The highest BCUT2D eigenvalue weighted by Gasteiger charge is 2.25. The van der Waals surface area contributed by atoms with Crippen LogP contribution >= 0.6 is 7.82 Å². The van der Waals surface area contributed by atoms with Gasteiger partial charge in [-0.15, -0.1) is 0 Å². The fourth-order valence-corrected chi connectivity index (χ4v) is 7.32. The van der Waals surface area contributed by atoms with Crippen molar-refractivity contribution < 1.29 is 32.8 Å².